The molecule has 0 radical (unpaired) electrons. The lowest BCUT2D eigenvalue weighted by molar-refractivity contribution is -0.159. The van der Waals surface area contributed by atoms with Crippen LogP contribution in [0, 0.1) is 12.3 Å². The first-order valence-electron chi connectivity index (χ1n) is 13.0. The molecule has 3 fully saturated rings. The van der Waals surface area contributed by atoms with Crippen molar-refractivity contribution < 1.29 is 22.6 Å². The van der Waals surface area contributed by atoms with Crippen LogP contribution < -0.4 is 10.6 Å². The zero-order valence-corrected chi connectivity index (χ0v) is 22.8. The van der Waals surface area contributed by atoms with E-state index in [-0.39, 0.29) is 35.7 Å². The van der Waals surface area contributed by atoms with Crippen molar-refractivity contribution in [1.82, 2.24) is 29.9 Å². The molecule has 14 heteroatoms. The SMILES string of the molecule is Cc1nc(NCC(F)(F)F)nc(N[C@@H]2CC3(CC3n3ccnn3)[C@H]3OC(C)(C)O[C@@H]23)c1-c1nc2ccccc2s1. The van der Waals surface area contributed by atoms with Gasteiger partial charge in [0.05, 0.1) is 45.9 Å². The van der Waals surface area contributed by atoms with Crippen molar-refractivity contribution in [2.45, 2.75) is 69.9 Å². The van der Waals surface area contributed by atoms with Crippen LogP contribution in [0.1, 0.15) is 38.4 Å². The van der Waals surface area contributed by atoms with Crippen LogP contribution in [0.3, 0.4) is 0 Å². The number of hydrogen-bond donors (Lipinski definition) is 2. The highest BCUT2D eigenvalue weighted by Gasteiger charge is 2.72. The molecule has 40 heavy (non-hydrogen) atoms. The summed E-state index contributed by atoms with van der Waals surface area (Å²) in [6, 6.07) is 7.65. The average Bonchev–Trinajstić information content (AvgIpc) is 3.32. The molecule has 2 aliphatic carbocycles. The highest BCUT2D eigenvalue weighted by atomic mass is 32.1. The Morgan fingerprint density at radius 3 is 2.70 bits per heavy atom. The molecule has 7 rings (SSSR count). The van der Waals surface area contributed by atoms with Crippen LogP contribution in [0.15, 0.2) is 36.7 Å². The van der Waals surface area contributed by atoms with Crippen LogP contribution in [0.4, 0.5) is 24.9 Å². The minimum Gasteiger partial charge on any atom is -0.364 e. The summed E-state index contributed by atoms with van der Waals surface area (Å²) in [4.78, 5) is 13.7. The first-order chi connectivity index (χ1) is 19.0. The molecular weight excluding hydrogens is 545 g/mol. The van der Waals surface area contributed by atoms with Gasteiger partial charge in [-0.25, -0.2) is 14.6 Å². The lowest BCUT2D eigenvalue weighted by atomic mass is 10.0. The fourth-order valence-electron chi connectivity index (χ4n) is 6.22. The molecule has 4 heterocycles. The van der Waals surface area contributed by atoms with Crippen LogP contribution in [0.2, 0.25) is 0 Å². The Hall–Kier alpha value is -3.36. The number of thiazole rings is 1. The van der Waals surface area contributed by atoms with Crippen molar-refractivity contribution in [2.24, 2.45) is 5.41 Å². The van der Waals surface area contributed by atoms with Gasteiger partial charge in [-0.1, -0.05) is 17.3 Å². The standard InChI is InChI=1S/C26H27F3N8O2S/c1-13-18(22-34-14-6-4-5-7-16(14)40-22)21(35-23(32-13)30-12-26(27,28)29)33-15-10-25(11-17(25)37-9-8-31-36-37)20-19(15)38-24(2,3)39-20/h4-9,15,17,19-20H,10-12H2,1-3H3,(H2,30,32,33,35)/t15-,17?,19+,20+,25?/m1/s1. The van der Waals surface area contributed by atoms with Crippen molar-refractivity contribution in [3.63, 3.8) is 0 Å². The number of hydrogen-bond acceptors (Lipinski definition) is 10. The van der Waals surface area contributed by atoms with Crippen molar-refractivity contribution in [3.05, 3.63) is 42.4 Å². The molecule has 2 saturated carbocycles. The van der Waals surface area contributed by atoms with Gasteiger partial charge in [-0.05, 0) is 45.7 Å². The number of halogens is 3. The van der Waals surface area contributed by atoms with Crippen molar-refractivity contribution in [1.29, 1.82) is 0 Å². The second-order valence-corrected chi connectivity index (χ2v) is 12.2. The van der Waals surface area contributed by atoms with Gasteiger partial charge in [-0.15, -0.1) is 16.4 Å². The maximum absolute atomic E-state index is 13.0. The molecule has 2 N–H and O–H groups in total. The molecule has 3 aliphatic rings. The van der Waals surface area contributed by atoms with Crippen molar-refractivity contribution in [3.8, 4) is 10.6 Å². The normalized spacial score (nSPS) is 28.8. The average molecular weight is 573 g/mol. The lowest BCUT2D eigenvalue weighted by Crippen LogP contribution is -2.35. The third kappa shape index (κ3) is 4.38. The molecule has 1 saturated heterocycles. The largest absolute Gasteiger partial charge is 0.405 e. The van der Waals surface area contributed by atoms with E-state index in [0.29, 0.717) is 28.5 Å². The third-order valence-corrected chi connectivity index (χ3v) is 8.95. The Kier molecular flexibility index (Phi) is 5.64. The Balaban J connectivity index is 1.27. The van der Waals surface area contributed by atoms with E-state index in [1.54, 1.807) is 13.1 Å². The summed E-state index contributed by atoms with van der Waals surface area (Å²) in [5, 5.41) is 14.7. The fourth-order valence-corrected chi connectivity index (χ4v) is 7.28. The Morgan fingerprint density at radius 2 is 1.95 bits per heavy atom. The number of aromatic nitrogens is 6. The second-order valence-electron chi connectivity index (χ2n) is 11.1. The number of fused-ring (bicyclic) bond motifs is 3. The molecule has 0 bridgehead atoms. The molecule has 4 aromatic rings. The van der Waals surface area contributed by atoms with Gasteiger partial charge in [-0.2, -0.15) is 18.2 Å². The van der Waals surface area contributed by atoms with Crippen LogP contribution in [0.25, 0.3) is 20.8 Å². The van der Waals surface area contributed by atoms with Gasteiger partial charge in [0.1, 0.15) is 23.5 Å². The van der Waals surface area contributed by atoms with E-state index in [9.17, 15) is 13.2 Å². The van der Waals surface area contributed by atoms with Gasteiger partial charge in [-0.3, -0.25) is 0 Å². The van der Waals surface area contributed by atoms with Crippen molar-refractivity contribution >= 4 is 33.3 Å². The summed E-state index contributed by atoms with van der Waals surface area (Å²) in [6.45, 7) is 4.30. The van der Waals surface area contributed by atoms with Gasteiger partial charge in [0, 0.05) is 11.6 Å². The molecule has 2 unspecified atom stereocenters. The molecule has 10 nitrogen and oxygen atoms in total. The number of benzene rings is 1. The highest BCUT2D eigenvalue weighted by molar-refractivity contribution is 7.21. The summed E-state index contributed by atoms with van der Waals surface area (Å²) < 4.78 is 54.7. The van der Waals surface area contributed by atoms with E-state index in [2.05, 4.69) is 30.9 Å². The molecule has 0 amide bonds. The predicted octanol–water partition coefficient (Wildman–Crippen LogP) is 4.96. The van der Waals surface area contributed by atoms with Gasteiger partial charge in [0.2, 0.25) is 5.95 Å². The maximum atomic E-state index is 13.0. The minimum atomic E-state index is -4.41. The number of anilines is 2. The Morgan fingerprint density at radius 1 is 1.12 bits per heavy atom. The third-order valence-electron chi connectivity index (χ3n) is 7.90. The van der Waals surface area contributed by atoms with Crippen LogP contribution in [0.5, 0.6) is 0 Å². The van der Waals surface area contributed by atoms with Gasteiger partial charge in [0.25, 0.3) is 0 Å². The molecule has 210 valence electrons. The van der Waals surface area contributed by atoms with E-state index in [1.165, 1.54) is 11.3 Å². The summed E-state index contributed by atoms with van der Waals surface area (Å²) in [6.07, 6.45) is 0.184. The van der Waals surface area contributed by atoms with E-state index >= 15 is 0 Å². The van der Waals surface area contributed by atoms with Crippen LogP contribution >= 0.6 is 11.3 Å². The molecule has 1 spiro atoms. The zero-order chi connectivity index (χ0) is 27.9. The van der Waals surface area contributed by atoms with Gasteiger partial charge < -0.3 is 20.1 Å². The molecule has 1 aromatic carbocycles. The first kappa shape index (κ1) is 25.6. The first-order valence-corrected chi connectivity index (χ1v) is 13.9. The molecule has 5 atom stereocenters. The number of nitrogens with one attached hydrogen (secondary N) is 2. The Bertz CT molecular complexity index is 1540. The number of rotatable bonds is 6. The summed E-state index contributed by atoms with van der Waals surface area (Å²) >= 11 is 1.48. The number of nitrogens with zero attached hydrogens (tertiary/aromatic N) is 6. The lowest BCUT2D eigenvalue weighted by Gasteiger charge is -2.25. The van der Waals surface area contributed by atoms with Crippen molar-refractivity contribution in [2.75, 3.05) is 17.2 Å². The molecular formula is C26H27F3N8O2S. The number of ether oxygens (including phenoxy) is 2. The van der Waals surface area contributed by atoms with E-state index in [4.69, 9.17) is 14.5 Å². The smallest absolute Gasteiger partial charge is 0.364 e. The van der Waals surface area contributed by atoms with Crippen LogP contribution in [-0.2, 0) is 9.47 Å². The Labute approximate surface area is 231 Å². The van der Waals surface area contributed by atoms with Gasteiger partial charge >= 0.3 is 6.18 Å². The number of para-hydroxylation sites is 1. The minimum absolute atomic E-state index is 0.109. The topological polar surface area (TPSA) is 112 Å². The number of aryl methyl sites for hydroxylation is 1. The number of alkyl halides is 3. The van der Waals surface area contributed by atoms with E-state index < -0.39 is 18.5 Å². The van der Waals surface area contributed by atoms with E-state index in [0.717, 1.165) is 16.6 Å². The van der Waals surface area contributed by atoms with E-state index in [1.807, 2.05) is 49.0 Å². The summed E-state index contributed by atoms with van der Waals surface area (Å²) in [7, 11) is 0. The summed E-state index contributed by atoms with van der Waals surface area (Å²) in [5.41, 5.74) is 1.79. The molecule has 3 aromatic heterocycles. The summed E-state index contributed by atoms with van der Waals surface area (Å²) in [5.74, 6) is -0.486. The highest BCUT2D eigenvalue weighted by Crippen LogP contribution is 2.69. The van der Waals surface area contributed by atoms with Crippen LogP contribution in [-0.4, -0.2) is 66.7 Å². The maximum Gasteiger partial charge on any atom is 0.405 e. The monoisotopic (exact) mass is 572 g/mol. The second kappa shape index (κ2) is 8.82. The zero-order valence-electron chi connectivity index (χ0n) is 21.9. The quantitative estimate of drug-likeness (QED) is 0.331. The predicted molar refractivity (Wildman–Crippen MR) is 142 cm³/mol. The fraction of sp³-hybridized carbons (Fsp3) is 0.500. The molecule has 1 aliphatic heterocycles. The van der Waals surface area contributed by atoms with Gasteiger partial charge in [0.15, 0.2) is 5.79 Å².